The van der Waals surface area contributed by atoms with Gasteiger partial charge in [0.05, 0.1) is 18.0 Å². The number of cyclic esters (lactones) is 1. The van der Waals surface area contributed by atoms with Crippen LogP contribution in [0.5, 0.6) is 0 Å². The van der Waals surface area contributed by atoms with E-state index in [1.165, 1.54) is 0 Å². The summed E-state index contributed by atoms with van der Waals surface area (Å²) in [6, 6.07) is 9.29. The van der Waals surface area contributed by atoms with Gasteiger partial charge in [0.1, 0.15) is 6.04 Å². The summed E-state index contributed by atoms with van der Waals surface area (Å²) in [5.74, 6) is -0.478. The quantitative estimate of drug-likeness (QED) is 0.579. The largest absolute Gasteiger partial charge is 0.444 e. The second-order valence-electron chi connectivity index (χ2n) is 6.06. The normalized spacial score (nSPS) is 28.4. The van der Waals surface area contributed by atoms with E-state index in [0.717, 1.165) is 12.0 Å². The first-order chi connectivity index (χ1) is 11.0. The molecule has 0 aliphatic carbocycles. The van der Waals surface area contributed by atoms with Crippen molar-refractivity contribution in [1.82, 2.24) is 4.90 Å². The van der Waals surface area contributed by atoms with Crippen LogP contribution < -0.4 is 0 Å². The minimum Gasteiger partial charge on any atom is -0.444 e. The summed E-state index contributed by atoms with van der Waals surface area (Å²) >= 11 is 3.44. The maximum absolute atomic E-state index is 12.9. The fraction of sp³-hybridized carbons (Fsp3) is 0.529. The molecule has 5 nitrogen and oxygen atoms in total. The number of morpholine rings is 1. The van der Waals surface area contributed by atoms with E-state index in [1.807, 2.05) is 37.3 Å². The number of hydrogen-bond acceptors (Lipinski definition) is 4. The Hall–Kier alpha value is -1.40. The number of alkyl halides is 1. The molecule has 0 unspecified atom stereocenters. The maximum atomic E-state index is 12.9. The van der Waals surface area contributed by atoms with Crippen LogP contribution in [0.15, 0.2) is 30.3 Å². The molecule has 3 rings (SSSR count). The average Bonchev–Trinajstić information content (AvgIpc) is 3.03. The predicted molar refractivity (Wildman–Crippen MR) is 88.0 cm³/mol. The Morgan fingerprint density at radius 3 is 2.83 bits per heavy atom. The van der Waals surface area contributed by atoms with Gasteiger partial charge in [-0.05, 0) is 25.3 Å². The molecule has 23 heavy (non-hydrogen) atoms. The van der Waals surface area contributed by atoms with Crippen LogP contribution in [0.3, 0.4) is 0 Å². The average molecular weight is 382 g/mol. The molecule has 1 amide bonds. The minimum absolute atomic E-state index is 0.0438. The van der Waals surface area contributed by atoms with E-state index < -0.39 is 11.6 Å². The molecule has 2 saturated heterocycles. The van der Waals surface area contributed by atoms with Crippen molar-refractivity contribution in [1.29, 1.82) is 0 Å². The maximum Gasteiger partial charge on any atom is 0.330 e. The fourth-order valence-corrected chi connectivity index (χ4v) is 3.56. The van der Waals surface area contributed by atoms with Crippen molar-refractivity contribution in [3.05, 3.63) is 35.9 Å². The van der Waals surface area contributed by atoms with Crippen LogP contribution in [0, 0.1) is 0 Å². The zero-order chi connectivity index (χ0) is 16.4. The molecule has 124 valence electrons. The van der Waals surface area contributed by atoms with E-state index in [1.54, 1.807) is 4.90 Å². The number of carbonyl (C=O) groups is 2. The molecule has 2 fully saturated rings. The molecule has 2 heterocycles. The Kier molecular flexibility index (Phi) is 4.73. The summed E-state index contributed by atoms with van der Waals surface area (Å²) in [5.41, 5.74) is -0.273. The van der Waals surface area contributed by atoms with Crippen LogP contribution >= 0.6 is 15.9 Å². The highest BCUT2D eigenvalue weighted by Crippen LogP contribution is 2.35. The third-order valence-electron chi connectivity index (χ3n) is 4.50. The van der Waals surface area contributed by atoms with Gasteiger partial charge in [-0.1, -0.05) is 46.3 Å². The molecule has 2 aliphatic heterocycles. The van der Waals surface area contributed by atoms with Crippen LogP contribution in [0.1, 0.15) is 25.3 Å². The summed E-state index contributed by atoms with van der Waals surface area (Å²) in [6.45, 7) is 2.84. The smallest absolute Gasteiger partial charge is 0.330 e. The highest BCUT2D eigenvalue weighted by Gasteiger charge is 2.57. The molecule has 1 aromatic rings. The summed E-state index contributed by atoms with van der Waals surface area (Å²) in [7, 11) is 0. The molecular weight excluding hydrogens is 362 g/mol. The topological polar surface area (TPSA) is 55.8 Å². The lowest BCUT2D eigenvalue weighted by molar-refractivity contribution is -0.197. The molecule has 0 aromatic heterocycles. The monoisotopic (exact) mass is 381 g/mol. The Bertz CT molecular complexity index is 592. The second kappa shape index (κ2) is 6.61. The number of esters is 1. The fourth-order valence-electron chi connectivity index (χ4n) is 3.14. The third-order valence-corrected chi connectivity index (χ3v) is 5.24. The Balaban J connectivity index is 1.74. The summed E-state index contributed by atoms with van der Waals surface area (Å²) in [6.07, 6.45) is 1.52. The van der Waals surface area contributed by atoms with Crippen molar-refractivity contribution < 1.29 is 19.1 Å². The van der Waals surface area contributed by atoms with Gasteiger partial charge in [-0.25, -0.2) is 4.79 Å². The van der Waals surface area contributed by atoms with Crippen molar-refractivity contribution in [3.63, 3.8) is 0 Å². The number of fused-ring (bicyclic) bond motifs is 1. The van der Waals surface area contributed by atoms with Crippen molar-refractivity contribution >= 4 is 27.8 Å². The number of ether oxygens (including phenoxy) is 2. The van der Waals surface area contributed by atoms with Gasteiger partial charge in [0.25, 0.3) is 5.91 Å². The molecule has 2 aliphatic rings. The molecule has 3 atom stereocenters. The Morgan fingerprint density at radius 2 is 2.13 bits per heavy atom. The SMILES string of the molecule is C[C@@H](Br)[C@@]1(COCc2ccccc2)OC(=O)[C@@H]2CCCN2C1=O. The lowest BCUT2D eigenvalue weighted by atomic mass is 9.96. The zero-order valence-corrected chi connectivity index (χ0v) is 14.6. The van der Waals surface area contributed by atoms with Crippen LogP contribution in [0.4, 0.5) is 0 Å². The van der Waals surface area contributed by atoms with Crippen LogP contribution in [0.25, 0.3) is 0 Å². The summed E-state index contributed by atoms with van der Waals surface area (Å²) < 4.78 is 11.3. The zero-order valence-electron chi connectivity index (χ0n) is 13.0. The number of halogens is 1. The first-order valence-corrected chi connectivity index (χ1v) is 8.76. The van der Waals surface area contributed by atoms with E-state index >= 15 is 0 Å². The number of rotatable bonds is 5. The van der Waals surface area contributed by atoms with Gasteiger partial charge >= 0.3 is 5.97 Å². The Labute approximate surface area is 144 Å². The summed E-state index contributed by atoms with van der Waals surface area (Å²) in [5, 5.41) is 0. The van der Waals surface area contributed by atoms with Gasteiger partial charge < -0.3 is 14.4 Å². The standard InChI is InChI=1S/C17H20BrNO4/c1-12(18)17(11-22-10-13-6-3-2-4-7-13)16(21)19-9-5-8-14(19)15(20)23-17/h2-4,6-7,12,14H,5,8-11H2,1H3/t12-,14+,17-/m1/s1. The predicted octanol–water partition coefficient (Wildman–Crippen LogP) is 2.27. The van der Waals surface area contributed by atoms with Gasteiger partial charge in [-0.15, -0.1) is 0 Å². The molecule has 6 heteroatoms. The molecule has 0 radical (unpaired) electrons. The summed E-state index contributed by atoms with van der Waals surface area (Å²) in [4.78, 5) is 26.5. The van der Waals surface area contributed by atoms with E-state index in [4.69, 9.17) is 9.47 Å². The number of hydrogen-bond donors (Lipinski definition) is 0. The Morgan fingerprint density at radius 1 is 1.39 bits per heavy atom. The van der Waals surface area contributed by atoms with Gasteiger partial charge in [-0.3, -0.25) is 4.79 Å². The van der Waals surface area contributed by atoms with Crippen molar-refractivity contribution in [2.45, 2.75) is 42.8 Å². The number of carbonyl (C=O) groups excluding carboxylic acids is 2. The van der Waals surface area contributed by atoms with Gasteiger partial charge in [0.15, 0.2) is 0 Å². The second-order valence-corrected chi connectivity index (χ2v) is 7.44. The van der Waals surface area contributed by atoms with E-state index in [2.05, 4.69) is 15.9 Å². The van der Waals surface area contributed by atoms with E-state index in [0.29, 0.717) is 19.6 Å². The lowest BCUT2D eigenvalue weighted by Crippen LogP contribution is -2.66. The molecule has 1 aromatic carbocycles. The highest BCUT2D eigenvalue weighted by atomic mass is 79.9. The lowest BCUT2D eigenvalue weighted by Gasteiger charge is -2.43. The first kappa shape index (κ1) is 16.5. The number of nitrogens with zero attached hydrogens (tertiary/aromatic N) is 1. The number of benzene rings is 1. The van der Waals surface area contributed by atoms with Crippen molar-refractivity contribution in [3.8, 4) is 0 Å². The molecule has 0 N–H and O–H groups in total. The van der Waals surface area contributed by atoms with E-state index in [9.17, 15) is 9.59 Å². The molecular formula is C17H20BrNO4. The molecule has 0 spiro atoms. The van der Waals surface area contributed by atoms with Crippen LogP contribution in [-0.2, 0) is 25.7 Å². The van der Waals surface area contributed by atoms with Gasteiger partial charge in [-0.2, -0.15) is 0 Å². The number of amides is 1. The highest BCUT2D eigenvalue weighted by molar-refractivity contribution is 9.09. The van der Waals surface area contributed by atoms with Crippen LogP contribution in [-0.4, -0.2) is 46.4 Å². The van der Waals surface area contributed by atoms with Crippen molar-refractivity contribution in [2.24, 2.45) is 0 Å². The first-order valence-electron chi connectivity index (χ1n) is 7.84. The molecule has 0 saturated carbocycles. The van der Waals surface area contributed by atoms with Crippen LogP contribution in [0.2, 0.25) is 0 Å². The minimum atomic E-state index is -1.29. The third kappa shape index (κ3) is 3.02. The van der Waals surface area contributed by atoms with Crippen molar-refractivity contribution in [2.75, 3.05) is 13.2 Å². The molecule has 0 bridgehead atoms. The van der Waals surface area contributed by atoms with Gasteiger partial charge in [0.2, 0.25) is 5.60 Å². The van der Waals surface area contributed by atoms with E-state index in [-0.39, 0.29) is 23.3 Å². The van der Waals surface area contributed by atoms with Gasteiger partial charge in [0, 0.05) is 6.54 Å².